The number of para-hydroxylation sites is 1. The van der Waals surface area contributed by atoms with Gasteiger partial charge in [-0.25, -0.2) is 13.2 Å². The molecular weight excluding hydrogens is 264 g/mol. The second-order valence-electron chi connectivity index (χ2n) is 3.97. The molecule has 0 radical (unpaired) electrons. The van der Waals surface area contributed by atoms with E-state index in [0.717, 1.165) is 6.26 Å². The van der Waals surface area contributed by atoms with Crippen molar-refractivity contribution in [3.05, 3.63) is 60.2 Å². The van der Waals surface area contributed by atoms with E-state index in [-0.39, 0.29) is 10.6 Å². The molecule has 19 heavy (non-hydrogen) atoms. The normalized spacial score (nSPS) is 11.0. The Hall–Kier alpha value is -2.14. The van der Waals surface area contributed by atoms with Crippen molar-refractivity contribution in [3.8, 4) is 5.75 Å². The Morgan fingerprint density at radius 2 is 1.53 bits per heavy atom. The standard InChI is InChI=1S/C14H12O4S/c1-19(16,17)13-10-6-5-9-12(13)18-14(15)11-7-3-2-4-8-11/h2-10H,1H3. The van der Waals surface area contributed by atoms with Gasteiger partial charge in [-0.15, -0.1) is 0 Å². The molecule has 0 saturated heterocycles. The van der Waals surface area contributed by atoms with E-state index in [0.29, 0.717) is 5.56 Å². The summed E-state index contributed by atoms with van der Waals surface area (Å²) in [6, 6.07) is 14.5. The van der Waals surface area contributed by atoms with Crippen molar-refractivity contribution in [3.63, 3.8) is 0 Å². The van der Waals surface area contributed by atoms with Crippen molar-refractivity contribution >= 4 is 15.8 Å². The van der Waals surface area contributed by atoms with Crippen LogP contribution < -0.4 is 4.74 Å². The first-order valence-corrected chi connectivity index (χ1v) is 7.44. The van der Waals surface area contributed by atoms with Gasteiger partial charge in [0, 0.05) is 6.26 Å². The molecule has 0 aliphatic rings. The summed E-state index contributed by atoms with van der Waals surface area (Å²) in [7, 11) is -3.44. The SMILES string of the molecule is CS(=O)(=O)c1ccccc1OC(=O)c1ccccc1. The minimum absolute atomic E-state index is 0.000666. The van der Waals surface area contributed by atoms with Gasteiger partial charge < -0.3 is 4.74 Å². The first kappa shape index (κ1) is 13.3. The van der Waals surface area contributed by atoms with Crippen LogP contribution in [0.1, 0.15) is 10.4 Å². The van der Waals surface area contributed by atoms with Crippen LogP contribution in [0.2, 0.25) is 0 Å². The molecule has 0 unspecified atom stereocenters. The summed E-state index contributed by atoms with van der Waals surface area (Å²) in [4.78, 5) is 11.9. The maximum Gasteiger partial charge on any atom is 0.343 e. The molecule has 98 valence electrons. The number of rotatable bonds is 3. The Balaban J connectivity index is 2.33. The third kappa shape index (κ3) is 3.20. The summed E-state index contributed by atoms with van der Waals surface area (Å²) in [5.41, 5.74) is 0.366. The summed E-state index contributed by atoms with van der Waals surface area (Å²) in [6.45, 7) is 0. The molecule has 0 amide bonds. The number of hydrogen-bond acceptors (Lipinski definition) is 4. The topological polar surface area (TPSA) is 60.4 Å². The van der Waals surface area contributed by atoms with Crippen LogP contribution in [0.25, 0.3) is 0 Å². The molecule has 0 aromatic heterocycles. The van der Waals surface area contributed by atoms with Crippen molar-refractivity contribution in [1.82, 2.24) is 0 Å². The van der Waals surface area contributed by atoms with Crippen LogP contribution in [-0.4, -0.2) is 20.6 Å². The Kier molecular flexibility index (Phi) is 3.66. The molecule has 0 atom stereocenters. The third-order valence-electron chi connectivity index (χ3n) is 2.46. The summed E-state index contributed by atoms with van der Waals surface area (Å²) in [5.74, 6) is -0.546. The fourth-order valence-electron chi connectivity index (χ4n) is 1.57. The van der Waals surface area contributed by atoms with Gasteiger partial charge in [-0.1, -0.05) is 30.3 Å². The van der Waals surface area contributed by atoms with E-state index in [4.69, 9.17) is 4.74 Å². The van der Waals surface area contributed by atoms with E-state index in [1.165, 1.54) is 12.1 Å². The number of esters is 1. The Labute approximate surface area is 111 Å². The number of hydrogen-bond donors (Lipinski definition) is 0. The second kappa shape index (κ2) is 5.24. The fraction of sp³-hybridized carbons (Fsp3) is 0.0714. The van der Waals surface area contributed by atoms with Gasteiger partial charge in [-0.3, -0.25) is 0 Å². The van der Waals surface area contributed by atoms with Crippen molar-refractivity contribution in [1.29, 1.82) is 0 Å². The molecule has 0 N–H and O–H groups in total. The average molecular weight is 276 g/mol. The van der Waals surface area contributed by atoms with Crippen LogP contribution in [-0.2, 0) is 9.84 Å². The maximum atomic E-state index is 11.9. The largest absolute Gasteiger partial charge is 0.422 e. The van der Waals surface area contributed by atoms with Crippen molar-refractivity contribution in [2.75, 3.05) is 6.26 Å². The summed E-state index contributed by atoms with van der Waals surface area (Å²) in [6.07, 6.45) is 1.07. The highest BCUT2D eigenvalue weighted by molar-refractivity contribution is 7.90. The number of carbonyl (C=O) groups excluding carboxylic acids is 1. The lowest BCUT2D eigenvalue weighted by molar-refractivity contribution is 0.0730. The fourth-order valence-corrected chi connectivity index (χ4v) is 2.37. The van der Waals surface area contributed by atoms with Crippen LogP contribution in [0.15, 0.2) is 59.5 Å². The summed E-state index contributed by atoms with van der Waals surface area (Å²) in [5, 5.41) is 0. The van der Waals surface area contributed by atoms with E-state index in [2.05, 4.69) is 0 Å². The molecule has 4 nitrogen and oxygen atoms in total. The van der Waals surface area contributed by atoms with E-state index in [9.17, 15) is 13.2 Å². The molecule has 0 saturated carbocycles. The quantitative estimate of drug-likeness (QED) is 0.637. The van der Waals surface area contributed by atoms with E-state index in [1.54, 1.807) is 42.5 Å². The van der Waals surface area contributed by atoms with Gasteiger partial charge in [0.1, 0.15) is 10.6 Å². The van der Waals surface area contributed by atoms with Crippen molar-refractivity contribution in [2.45, 2.75) is 4.90 Å². The van der Waals surface area contributed by atoms with E-state index >= 15 is 0 Å². The number of carbonyl (C=O) groups is 1. The highest BCUT2D eigenvalue weighted by Gasteiger charge is 2.17. The minimum Gasteiger partial charge on any atom is -0.422 e. The van der Waals surface area contributed by atoms with E-state index < -0.39 is 15.8 Å². The van der Waals surface area contributed by atoms with Crippen molar-refractivity contribution < 1.29 is 17.9 Å². The van der Waals surface area contributed by atoms with Crippen molar-refractivity contribution in [2.24, 2.45) is 0 Å². The van der Waals surface area contributed by atoms with Gasteiger partial charge in [0.2, 0.25) is 0 Å². The molecule has 5 heteroatoms. The molecule has 2 aromatic rings. The Morgan fingerprint density at radius 1 is 0.947 bits per heavy atom. The molecule has 2 aromatic carbocycles. The first-order valence-electron chi connectivity index (χ1n) is 5.55. The molecule has 0 bridgehead atoms. The van der Waals surface area contributed by atoms with Gasteiger partial charge in [-0.2, -0.15) is 0 Å². The van der Waals surface area contributed by atoms with Gasteiger partial charge in [-0.05, 0) is 24.3 Å². The summed E-state index contributed by atoms with van der Waals surface area (Å²) < 4.78 is 28.3. The zero-order valence-corrected chi connectivity index (χ0v) is 11.1. The lowest BCUT2D eigenvalue weighted by Crippen LogP contribution is -2.11. The first-order chi connectivity index (χ1) is 8.98. The van der Waals surface area contributed by atoms with Gasteiger partial charge in [0.25, 0.3) is 0 Å². The van der Waals surface area contributed by atoms with Crippen LogP contribution >= 0.6 is 0 Å². The zero-order chi connectivity index (χ0) is 13.9. The van der Waals surface area contributed by atoms with Gasteiger partial charge in [0.05, 0.1) is 5.56 Å². The highest BCUT2D eigenvalue weighted by Crippen LogP contribution is 2.23. The van der Waals surface area contributed by atoms with Crippen LogP contribution in [0.4, 0.5) is 0 Å². The molecule has 0 aliphatic heterocycles. The van der Waals surface area contributed by atoms with Crippen LogP contribution in [0.3, 0.4) is 0 Å². The second-order valence-corrected chi connectivity index (χ2v) is 5.96. The molecule has 2 rings (SSSR count). The Morgan fingerprint density at radius 3 is 2.16 bits per heavy atom. The molecule has 0 heterocycles. The highest BCUT2D eigenvalue weighted by atomic mass is 32.2. The Bertz CT molecular complexity index is 690. The van der Waals surface area contributed by atoms with Crippen LogP contribution in [0, 0.1) is 0 Å². The average Bonchev–Trinajstić information content (AvgIpc) is 2.39. The zero-order valence-electron chi connectivity index (χ0n) is 10.2. The van der Waals surface area contributed by atoms with Crippen LogP contribution in [0.5, 0.6) is 5.75 Å². The number of sulfone groups is 1. The summed E-state index contributed by atoms with van der Waals surface area (Å²) >= 11 is 0. The smallest absolute Gasteiger partial charge is 0.343 e. The molecule has 0 aliphatic carbocycles. The molecule has 0 spiro atoms. The predicted molar refractivity (Wildman–Crippen MR) is 71.0 cm³/mol. The number of benzene rings is 2. The molecular formula is C14H12O4S. The van der Waals surface area contributed by atoms with E-state index in [1.807, 2.05) is 0 Å². The minimum atomic E-state index is -3.44. The lowest BCUT2D eigenvalue weighted by Gasteiger charge is -2.08. The monoisotopic (exact) mass is 276 g/mol. The van der Waals surface area contributed by atoms with Gasteiger partial charge >= 0.3 is 5.97 Å². The third-order valence-corrected chi connectivity index (χ3v) is 3.60. The number of ether oxygens (including phenoxy) is 1. The van der Waals surface area contributed by atoms with Gasteiger partial charge in [0.15, 0.2) is 9.84 Å². The maximum absolute atomic E-state index is 11.9. The molecule has 0 fully saturated rings. The lowest BCUT2D eigenvalue weighted by atomic mass is 10.2. The predicted octanol–water partition coefficient (Wildman–Crippen LogP) is 2.31.